The maximum absolute atomic E-state index is 5.80. The molecule has 0 bridgehead atoms. The molecule has 0 aliphatic rings. The quantitative estimate of drug-likeness (QED) is 0.642. The molecule has 126 valence electrons. The fraction of sp³-hybridized carbons (Fsp3) is 0.238. The van der Waals surface area contributed by atoms with E-state index in [4.69, 9.17) is 9.47 Å². The highest BCUT2D eigenvalue weighted by Crippen LogP contribution is 2.18. The molecule has 24 heavy (non-hydrogen) atoms. The molecule has 2 aromatic carbocycles. The van der Waals surface area contributed by atoms with Gasteiger partial charge < -0.3 is 14.4 Å². The lowest BCUT2D eigenvalue weighted by atomic mass is 10.2. The van der Waals surface area contributed by atoms with Gasteiger partial charge in [0.2, 0.25) is 0 Å². The molecule has 0 aliphatic carbocycles. The fourth-order valence-corrected chi connectivity index (χ4v) is 2.38. The average molecular weight is 324 g/mol. The molecule has 0 amide bonds. The van der Waals surface area contributed by atoms with Crippen LogP contribution in [-0.2, 0) is 6.61 Å². The Hall–Kier alpha value is -2.52. The second-order valence-electron chi connectivity index (χ2n) is 5.58. The van der Waals surface area contributed by atoms with Crippen molar-refractivity contribution in [1.29, 1.82) is 0 Å². The second kappa shape index (κ2) is 10.3. The topological polar surface area (TPSA) is 22.9 Å². The van der Waals surface area contributed by atoms with Crippen molar-refractivity contribution < 1.29 is 14.4 Å². The molecule has 0 heterocycles. The molecule has 0 saturated heterocycles. The van der Waals surface area contributed by atoms with E-state index >= 15 is 0 Å². The zero-order valence-electron chi connectivity index (χ0n) is 14.1. The van der Waals surface area contributed by atoms with Gasteiger partial charge in [0, 0.05) is 0 Å². The first-order valence-electron chi connectivity index (χ1n) is 8.26. The minimum atomic E-state index is 0.572. The van der Waals surface area contributed by atoms with Gasteiger partial charge >= 0.3 is 0 Å². The third-order valence-electron chi connectivity index (χ3n) is 3.66. The van der Waals surface area contributed by atoms with Gasteiger partial charge in [0.1, 0.15) is 31.3 Å². The van der Waals surface area contributed by atoms with Gasteiger partial charge in [-0.05, 0) is 42.0 Å². The first-order valence-corrected chi connectivity index (χ1v) is 8.26. The number of quaternary nitrogens is 1. The van der Waals surface area contributed by atoms with Crippen molar-refractivity contribution in [2.45, 2.75) is 6.61 Å². The molecule has 0 atom stereocenters. The molecule has 2 aromatic rings. The van der Waals surface area contributed by atoms with Gasteiger partial charge in [-0.2, -0.15) is 0 Å². The largest absolute Gasteiger partial charge is 0.489 e. The predicted molar refractivity (Wildman–Crippen MR) is 98.7 cm³/mol. The van der Waals surface area contributed by atoms with Crippen molar-refractivity contribution in [3.05, 3.63) is 85.5 Å². The second-order valence-corrected chi connectivity index (χ2v) is 5.58. The summed E-state index contributed by atoms with van der Waals surface area (Å²) in [6.07, 6.45) is 3.86. The van der Waals surface area contributed by atoms with Gasteiger partial charge in [0.05, 0.1) is 13.1 Å². The summed E-state index contributed by atoms with van der Waals surface area (Å²) in [5.41, 5.74) is 1.16. The molecule has 0 aliphatic heterocycles. The van der Waals surface area contributed by atoms with Gasteiger partial charge in [-0.15, -0.1) is 0 Å². The van der Waals surface area contributed by atoms with Crippen LogP contribution in [0.4, 0.5) is 0 Å². The Morgan fingerprint density at radius 2 is 1.38 bits per heavy atom. The predicted octanol–water partition coefficient (Wildman–Crippen LogP) is 2.90. The average Bonchev–Trinajstić information content (AvgIpc) is 2.62. The highest BCUT2D eigenvalue weighted by Gasteiger charge is 2.04. The van der Waals surface area contributed by atoms with E-state index in [1.54, 1.807) is 0 Å². The SMILES string of the molecule is C=CC[NH+](CC=C)CCOc1ccc(OCc2ccccc2)cc1. The highest BCUT2D eigenvalue weighted by molar-refractivity contribution is 5.31. The molecule has 3 nitrogen and oxygen atoms in total. The van der Waals surface area contributed by atoms with Crippen molar-refractivity contribution in [2.24, 2.45) is 0 Å². The Balaban J connectivity index is 1.75. The lowest BCUT2D eigenvalue weighted by Gasteiger charge is -2.16. The number of nitrogens with one attached hydrogen (secondary N) is 1. The number of rotatable bonds is 11. The van der Waals surface area contributed by atoms with E-state index in [2.05, 4.69) is 25.3 Å². The van der Waals surface area contributed by atoms with E-state index in [-0.39, 0.29) is 0 Å². The Bertz CT molecular complexity index is 597. The van der Waals surface area contributed by atoms with Gasteiger partial charge in [-0.1, -0.05) is 43.5 Å². The lowest BCUT2D eigenvalue weighted by molar-refractivity contribution is -0.888. The molecule has 0 fully saturated rings. The minimum Gasteiger partial charge on any atom is -0.489 e. The van der Waals surface area contributed by atoms with Gasteiger partial charge in [-0.3, -0.25) is 0 Å². The van der Waals surface area contributed by atoms with E-state index in [1.165, 1.54) is 4.90 Å². The monoisotopic (exact) mass is 324 g/mol. The van der Waals surface area contributed by atoms with Gasteiger partial charge in [0.15, 0.2) is 0 Å². The van der Waals surface area contributed by atoms with Crippen molar-refractivity contribution in [2.75, 3.05) is 26.2 Å². The highest BCUT2D eigenvalue weighted by atomic mass is 16.5. The van der Waals surface area contributed by atoms with E-state index < -0.39 is 0 Å². The summed E-state index contributed by atoms with van der Waals surface area (Å²) >= 11 is 0. The number of benzene rings is 2. The first-order chi connectivity index (χ1) is 11.8. The molecule has 3 heteroatoms. The Labute approximate surface area is 144 Å². The zero-order chi connectivity index (χ0) is 17.0. The maximum atomic E-state index is 5.80. The van der Waals surface area contributed by atoms with Crippen LogP contribution in [-0.4, -0.2) is 26.2 Å². The zero-order valence-corrected chi connectivity index (χ0v) is 14.1. The summed E-state index contributed by atoms with van der Waals surface area (Å²) in [7, 11) is 0. The van der Waals surface area contributed by atoms with Crippen molar-refractivity contribution in [3.63, 3.8) is 0 Å². The summed E-state index contributed by atoms with van der Waals surface area (Å²) in [5.74, 6) is 1.70. The molecule has 2 rings (SSSR count). The molecule has 0 spiro atoms. The summed E-state index contributed by atoms with van der Waals surface area (Å²) in [6, 6.07) is 17.9. The Kier molecular flexibility index (Phi) is 7.64. The standard InChI is InChI=1S/C21H25NO2/c1-3-14-22(15-4-2)16-17-23-20-10-12-21(13-11-20)24-18-19-8-6-5-7-9-19/h3-13H,1-2,14-18H2/p+1. The van der Waals surface area contributed by atoms with E-state index in [9.17, 15) is 0 Å². The van der Waals surface area contributed by atoms with E-state index in [0.29, 0.717) is 13.2 Å². The van der Waals surface area contributed by atoms with Crippen LogP contribution in [0, 0.1) is 0 Å². The number of hydrogen-bond acceptors (Lipinski definition) is 2. The van der Waals surface area contributed by atoms with Crippen LogP contribution in [0.2, 0.25) is 0 Å². The van der Waals surface area contributed by atoms with Gasteiger partial charge in [-0.25, -0.2) is 0 Å². The minimum absolute atomic E-state index is 0.572. The van der Waals surface area contributed by atoms with Crippen LogP contribution in [0.15, 0.2) is 79.9 Å². The maximum Gasteiger partial charge on any atom is 0.137 e. The van der Waals surface area contributed by atoms with Gasteiger partial charge in [0.25, 0.3) is 0 Å². The Morgan fingerprint density at radius 1 is 0.792 bits per heavy atom. The molecular weight excluding hydrogens is 298 g/mol. The molecule has 0 unspecified atom stereocenters. The molecule has 0 saturated carbocycles. The molecule has 0 radical (unpaired) electrons. The number of ether oxygens (including phenoxy) is 2. The third kappa shape index (κ3) is 6.31. The van der Waals surface area contributed by atoms with Crippen LogP contribution < -0.4 is 14.4 Å². The summed E-state index contributed by atoms with van der Waals surface area (Å²) in [5, 5.41) is 0. The number of hydrogen-bond donors (Lipinski definition) is 1. The first kappa shape index (κ1) is 17.8. The molecule has 0 aromatic heterocycles. The summed E-state index contributed by atoms with van der Waals surface area (Å²) in [4.78, 5) is 1.39. The smallest absolute Gasteiger partial charge is 0.137 e. The Morgan fingerprint density at radius 3 is 1.96 bits per heavy atom. The van der Waals surface area contributed by atoms with Crippen LogP contribution in [0.5, 0.6) is 11.5 Å². The molecular formula is C21H26NO2+. The molecule has 1 N–H and O–H groups in total. The van der Waals surface area contributed by atoms with Crippen LogP contribution in [0.25, 0.3) is 0 Å². The lowest BCUT2D eigenvalue weighted by Crippen LogP contribution is -3.12. The van der Waals surface area contributed by atoms with Crippen LogP contribution in [0.1, 0.15) is 5.56 Å². The summed E-state index contributed by atoms with van der Waals surface area (Å²) in [6.45, 7) is 11.6. The normalized spacial score (nSPS) is 10.4. The van der Waals surface area contributed by atoms with E-state index in [0.717, 1.165) is 36.7 Å². The van der Waals surface area contributed by atoms with E-state index in [1.807, 2.05) is 54.6 Å². The van der Waals surface area contributed by atoms with Crippen molar-refractivity contribution in [1.82, 2.24) is 0 Å². The third-order valence-corrected chi connectivity index (χ3v) is 3.66. The van der Waals surface area contributed by atoms with Crippen molar-refractivity contribution in [3.8, 4) is 11.5 Å². The van der Waals surface area contributed by atoms with Crippen LogP contribution >= 0.6 is 0 Å². The fourth-order valence-electron chi connectivity index (χ4n) is 2.38. The van der Waals surface area contributed by atoms with Crippen molar-refractivity contribution >= 4 is 0 Å². The van der Waals surface area contributed by atoms with Crippen LogP contribution in [0.3, 0.4) is 0 Å². The summed E-state index contributed by atoms with van der Waals surface area (Å²) < 4.78 is 11.6.